The predicted octanol–water partition coefficient (Wildman–Crippen LogP) is 5.71. The average Bonchev–Trinajstić information content (AvgIpc) is 3.10. The van der Waals surface area contributed by atoms with E-state index in [0.29, 0.717) is 5.69 Å². The summed E-state index contributed by atoms with van der Waals surface area (Å²) in [6.45, 7) is 5.74. The Bertz CT molecular complexity index is 968. The number of hydrogen-bond acceptors (Lipinski definition) is 3. The zero-order chi connectivity index (χ0) is 20.4. The molecule has 1 aromatic heterocycles. The van der Waals surface area contributed by atoms with E-state index in [-0.39, 0.29) is 5.60 Å². The maximum absolute atomic E-state index is 12.7. The van der Waals surface area contributed by atoms with E-state index in [2.05, 4.69) is 10.3 Å². The van der Waals surface area contributed by atoms with Gasteiger partial charge in [-0.15, -0.1) is 0 Å². The van der Waals surface area contributed by atoms with Crippen LogP contribution in [0.15, 0.2) is 66.1 Å². The van der Waals surface area contributed by atoms with Crippen molar-refractivity contribution in [3.63, 3.8) is 0 Å². The number of alkyl halides is 3. The Morgan fingerprint density at radius 3 is 2.36 bits per heavy atom. The summed E-state index contributed by atoms with van der Waals surface area (Å²) < 4.78 is 39.6. The molecule has 3 rings (SSSR count). The smallest absolute Gasteiger partial charge is 0.390 e. The lowest BCUT2D eigenvalue weighted by Crippen LogP contribution is -2.15. The molecule has 4 nitrogen and oxygen atoms in total. The minimum absolute atomic E-state index is 0.364. The van der Waals surface area contributed by atoms with Crippen molar-refractivity contribution in [2.45, 2.75) is 32.5 Å². The number of aromatic nitrogens is 2. The van der Waals surface area contributed by atoms with Crippen LogP contribution >= 0.6 is 0 Å². The van der Waals surface area contributed by atoms with Crippen LogP contribution in [0.25, 0.3) is 16.8 Å². The van der Waals surface area contributed by atoms with Gasteiger partial charge in [-0.2, -0.15) is 18.3 Å². The molecule has 28 heavy (non-hydrogen) atoms. The SMILES string of the molecule is CC(C)(C)ON=Cc1cccc(-c2cnn(-c3ccc(C(F)(F)F)cc3)c2)c1. The van der Waals surface area contributed by atoms with E-state index in [1.54, 1.807) is 23.3 Å². The van der Waals surface area contributed by atoms with Crippen LogP contribution in [0.4, 0.5) is 13.2 Å². The Morgan fingerprint density at radius 1 is 1.00 bits per heavy atom. The summed E-state index contributed by atoms with van der Waals surface area (Å²) in [4.78, 5) is 5.35. The van der Waals surface area contributed by atoms with Gasteiger partial charge in [0.2, 0.25) is 0 Å². The van der Waals surface area contributed by atoms with Crippen molar-refractivity contribution in [1.29, 1.82) is 0 Å². The molecule has 0 aliphatic rings. The topological polar surface area (TPSA) is 39.4 Å². The first kappa shape index (κ1) is 19.7. The van der Waals surface area contributed by atoms with Crippen LogP contribution in [0.3, 0.4) is 0 Å². The van der Waals surface area contributed by atoms with Crippen LogP contribution in [0.2, 0.25) is 0 Å². The molecule has 0 saturated carbocycles. The number of oxime groups is 1. The van der Waals surface area contributed by atoms with Crippen molar-refractivity contribution in [3.05, 3.63) is 72.1 Å². The average molecular weight is 387 g/mol. The summed E-state index contributed by atoms with van der Waals surface area (Å²) >= 11 is 0. The fourth-order valence-electron chi connectivity index (χ4n) is 2.46. The highest BCUT2D eigenvalue weighted by molar-refractivity contribution is 5.82. The van der Waals surface area contributed by atoms with E-state index in [0.717, 1.165) is 28.8 Å². The molecule has 0 N–H and O–H groups in total. The second kappa shape index (κ2) is 7.50. The highest BCUT2D eigenvalue weighted by Crippen LogP contribution is 2.30. The van der Waals surface area contributed by atoms with Gasteiger partial charge in [0.05, 0.1) is 23.7 Å². The van der Waals surface area contributed by atoms with Crippen molar-refractivity contribution in [2.75, 3.05) is 0 Å². The zero-order valence-electron chi connectivity index (χ0n) is 15.7. The number of hydrogen-bond donors (Lipinski definition) is 0. The van der Waals surface area contributed by atoms with Crippen LogP contribution in [-0.4, -0.2) is 21.6 Å². The van der Waals surface area contributed by atoms with Crippen LogP contribution < -0.4 is 0 Å². The summed E-state index contributed by atoms with van der Waals surface area (Å²) in [6.07, 6.45) is 0.714. The monoisotopic (exact) mass is 387 g/mol. The van der Waals surface area contributed by atoms with Crippen LogP contribution in [0.1, 0.15) is 31.9 Å². The third-order valence-electron chi connectivity index (χ3n) is 3.79. The second-order valence-corrected chi connectivity index (χ2v) is 7.28. The second-order valence-electron chi connectivity index (χ2n) is 7.28. The van der Waals surface area contributed by atoms with E-state index in [1.165, 1.54) is 12.1 Å². The van der Waals surface area contributed by atoms with Crippen molar-refractivity contribution >= 4 is 6.21 Å². The molecule has 7 heteroatoms. The number of benzene rings is 2. The minimum atomic E-state index is -4.35. The minimum Gasteiger partial charge on any atom is -0.390 e. The summed E-state index contributed by atoms with van der Waals surface area (Å²) in [6, 6.07) is 12.5. The van der Waals surface area contributed by atoms with Gasteiger partial charge in [0.1, 0.15) is 5.60 Å². The molecule has 0 saturated heterocycles. The Kier molecular flexibility index (Phi) is 5.27. The molecule has 0 amide bonds. The number of rotatable bonds is 4. The molecule has 146 valence electrons. The van der Waals surface area contributed by atoms with Gasteiger partial charge in [-0.05, 0) is 62.2 Å². The van der Waals surface area contributed by atoms with E-state index < -0.39 is 11.7 Å². The molecule has 1 heterocycles. The maximum Gasteiger partial charge on any atom is 0.416 e. The van der Waals surface area contributed by atoms with Gasteiger partial charge in [0.25, 0.3) is 0 Å². The summed E-state index contributed by atoms with van der Waals surface area (Å²) in [7, 11) is 0. The van der Waals surface area contributed by atoms with Gasteiger partial charge >= 0.3 is 6.18 Å². The summed E-state index contributed by atoms with van der Waals surface area (Å²) in [5.41, 5.74) is 2.12. The van der Waals surface area contributed by atoms with Crippen molar-refractivity contribution in [3.8, 4) is 16.8 Å². The number of nitrogens with zero attached hydrogens (tertiary/aromatic N) is 3. The molecule has 0 atom stereocenters. The van der Waals surface area contributed by atoms with E-state index in [9.17, 15) is 13.2 Å². The van der Waals surface area contributed by atoms with Gasteiger partial charge in [0.15, 0.2) is 0 Å². The molecule has 0 aliphatic heterocycles. The van der Waals surface area contributed by atoms with Crippen LogP contribution in [-0.2, 0) is 11.0 Å². The van der Waals surface area contributed by atoms with Crippen molar-refractivity contribution in [2.24, 2.45) is 5.16 Å². The lowest BCUT2D eigenvalue weighted by atomic mass is 10.1. The maximum atomic E-state index is 12.7. The lowest BCUT2D eigenvalue weighted by Gasteiger charge is -2.14. The first-order valence-corrected chi connectivity index (χ1v) is 8.66. The predicted molar refractivity (Wildman–Crippen MR) is 102 cm³/mol. The van der Waals surface area contributed by atoms with Gasteiger partial charge in [-0.3, -0.25) is 0 Å². The standard InChI is InChI=1S/C21H20F3N3O/c1-20(2,3)28-26-12-15-5-4-6-16(11-15)17-13-25-27(14-17)19-9-7-18(8-10-19)21(22,23)24/h4-14H,1-3H3. The molecule has 0 spiro atoms. The highest BCUT2D eigenvalue weighted by atomic mass is 19.4. The van der Waals surface area contributed by atoms with Crippen molar-refractivity contribution in [1.82, 2.24) is 9.78 Å². The molecule has 0 fully saturated rings. The first-order valence-electron chi connectivity index (χ1n) is 8.66. The van der Waals surface area contributed by atoms with Crippen molar-refractivity contribution < 1.29 is 18.0 Å². The molecule has 0 aliphatic carbocycles. The Balaban J connectivity index is 1.79. The van der Waals surface area contributed by atoms with E-state index >= 15 is 0 Å². The normalized spacial score (nSPS) is 12.5. The van der Waals surface area contributed by atoms with Crippen LogP contribution in [0.5, 0.6) is 0 Å². The molecule has 2 aromatic carbocycles. The Labute approximate surface area is 161 Å². The van der Waals surface area contributed by atoms with E-state index in [1.807, 2.05) is 45.0 Å². The number of halogens is 3. The molecular formula is C21H20F3N3O. The first-order chi connectivity index (χ1) is 13.1. The third-order valence-corrected chi connectivity index (χ3v) is 3.79. The van der Waals surface area contributed by atoms with Gasteiger partial charge < -0.3 is 4.84 Å². The van der Waals surface area contributed by atoms with Gasteiger partial charge in [0, 0.05) is 11.8 Å². The molecule has 0 bridgehead atoms. The van der Waals surface area contributed by atoms with E-state index in [4.69, 9.17) is 4.84 Å². The highest BCUT2D eigenvalue weighted by Gasteiger charge is 2.30. The quantitative estimate of drug-likeness (QED) is 0.425. The Morgan fingerprint density at radius 2 is 1.71 bits per heavy atom. The fourth-order valence-corrected chi connectivity index (χ4v) is 2.46. The molecule has 0 unspecified atom stereocenters. The molecule has 0 radical (unpaired) electrons. The van der Waals surface area contributed by atoms with Crippen LogP contribution in [0, 0.1) is 0 Å². The van der Waals surface area contributed by atoms with Gasteiger partial charge in [-0.1, -0.05) is 23.4 Å². The molecular weight excluding hydrogens is 367 g/mol. The third kappa shape index (κ3) is 5.00. The summed E-state index contributed by atoms with van der Waals surface area (Å²) in [5.74, 6) is 0. The summed E-state index contributed by atoms with van der Waals surface area (Å²) in [5, 5.41) is 8.25. The largest absolute Gasteiger partial charge is 0.416 e. The Hall–Kier alpha value is -3.09. The fraction of sp³-hybridized carbons (Fsp3) is 0.238. The zero-order valence-corrected chi connectivity index (χ0v) is 15.7. The van der Waals surface area contributed by atoms with Gasteiger partial charge in [-0.25, -0.2) is 4.68 Å². The molecule has 3 aromatic rings. The lowest BCUT2D eigenvalue weighted by molar-refractivity contribution is -0.137.